The Labute approximate surface area is 151 Å². The monoisotopic (exact) mass is 356 g/mol. The number of benzene rings is 1. The van der Waals surface area contributed by atoms with Crippen LogP contribution < -0.4 is 20.9 Å². The Morgan fingerprint density at radius 1 is 1.27 bits per heavy atom. The van der Waals surface area contributed by atoms with Gasteiger partial charge in [0.2, 0.25) is 11.9 Å². The van der Waals surface area contributed by atoms with Gasteiger partial charge < -0.3 is 20.9 Å². The van der Waals surface area contributed by atoms with Gasteiger partial charge in [0, 0.05) is 43.9 Å². The summed E-state index contributed by atoms with van der Waals surface area (Å²) in [5.41, 5.74) is 2.60. The number of carbonyl (C=O) groups excluding carboxylic acids is 1. The van der Waals surface area contributed by atoms with Gasteiger partial charge in [-0.2, -0.15) is 0 Å². The number of hydrogen-bond acceptors (Lipinski definition) is 6. The average molecular weight is 356 g/mol. The third-order valence-corrected chi connectivity index (χ3v) is 4.70. The molecule has 3 heterocycles. The molecule has 0 radical (unpaired) electrons. The van der Waals surface area contributed by atoms with E-state index in [-0.39, 0.29) is 11.7 Å². The van der Waals surface area contributed by atoms with Crippen LogP contribution in [0.5, 0.6) is 0 Å². The molecule has 1 aromatic carbocycles. The summed E-state index contributed by atoms with van der Waals surface area (Å²) >= 11 is 0. The third-order valence-electron chi connectivity index (χ3n) is 4.70. The second-order valence-electron chi connectivity index (χ2n) is 6.67. The molecule has 1 unspecified atom stereocenters. The fourth-order valence-electron chi connectivity index (χ4n) is 3.35. The van der Waals surface area contributed by atoms with Crippen molar-refractivity contribution in [2.75, 3.05) is 41.7 Å². The van der Waals surface area contributed by atoms with Crippen LogP contribution >= 0.6 is 0 Å². The van der Waals surface area contributed by atoms with Gasteiger partial charge in [0.1, 0.15) is 11.9 Å². The first-order chi connectivity index (χ1) is 12.6. The Bertz CT molecular complexity index is 819. The van der Waals surface area contributed by atoms with Crippen molar-refractivity contribution in [2.24, 2.45) is 0 Å². The SMILES string of the molecule is Cc1cc(F)c2c(c1)NC(C(=O)Nc1cnc(N3CCNCC3)nc1)C2. The molecule has 2 aliphatic rings. The van der Waals surface area contributed by atoms with Crippen molar-refractivity contribution >= 4 is 23.2 Å². The van der Waals surface area contributed by atoms with Crippen molar-refractivity contribution in [2.45, 2.75) is 19.4 Å². The maximum Gasteiger partial charge on any atom is 0.247 e. The molecule has 0 spiro atoms. The van der Waals surface area contributed by atoms with E-state index in [0.717, 1.165) is 31.7 Å². The molecule has 1 amide bonds. The Morgan fingerprint density at radius 3 is 2.73 bits per heavy atom. The van der Waals surface area contributed by atoms with E-state index < -0.39 is 6.04 Å². The molecule has 2 aromatic rings. The van der Waals surface area contributed by atoms with E-state index in [9.17, 15) is 9.18 Å². The lowest BCUT2D eigenvalue weighted by Crippen LogP contribution is -2.44. The standard InChI is InChI=1S/C18H21FN6O/c1-11-6-14(19)13-8-16(24-15(13)7-11)17(26)23-12-9-21-18(22-10-12)25-4-2-20-3-5-25/h6-7,9-10,16,20,24H,2-5,8H2,1H3,(H,23,26). The van der Waals surface area contributed by atoms with Crippen LogP contribution in [0.2, 0.25) is 0 Å². The smallest absolute Gasteiger partial charge is 0.247 e. The molecule has 3 N–H and O–H groups in total. The summed E-state index contributed by atoms with van der Waals surface area (Å²) in [6.07, 6.45) is 3.54. The summed E-state index contributed by atoms with van der Waals surface area (Å²) < 4.78 is 14.0. The van der Waals surface area contributed by atoms with Gasteiger partial charge in [-0.25, -0.2) is 14.4 Å². The summed E-state index contributed by atoms with van der Waals surface area (Å²) in [6.45, 7) is 5.37. The highest BCUT2D eigenvalue weighted by atomic mass is 19.1. The van der Waals surface area contributed by atoms with Crippen LogP contribution in [0.4, 0.5) is 21.7 Å². The Hall–Kier alpha value is -2.74. The predicted octanol–water partition coefficient (Wildman–Crippen LogP) is 1.31. The number of nitrogens with zero attached hydrogens (tertiary/aromatic N) is 3. The molecule has 1 fully saturated rings. The summed E-state index contributed by atoms with van der Waals surface area (Å²) in [6, 6.07) is 2.84. The molecule has 8 heteroatoms. The van der Waals surface area contributed by atoms with Crippen molar-refractivity contribution in [3.8, 4) is 0 Å². The molecular formula is C18H21FN6O. The highest BCUT2D eigenvalue weighted by molar-refractivity contribution is 5.97. The minimum Gasteiger partial charge on any atom is -0.373 e. The Balaban J connectivity index is 1.40. The molecule has 0 saturated carbocycles. The third kappa shape index (κ3) is 3.32. The van der Waals surface area contributed by atoms with Crippen LogP contribution in [0, 0.1) is 12.7 Å². The van der Waals surface area contributed by atoms with E-state index in [1.165, 1.54) is 6.07 Å². The highest BCUT2D eigenvalue weighted by Gasteiger charge is 2.29. The first kappa shape index (κ1) is 16.7. The molecular weight excluding hydrogens is 335 g/mol. The zero-order valence-corrected chi connectivity index (χ0v) is 14.6. The van der Waals surface area contributed by atoms with Crippen molar-refractivity contribution in [1.82, 2.24) is 15.3 Å². The average Bonchev–Trinajstić information content (AvgIpc) is 3.08. The highest BCUT2D eigenvalue weighted by Crippen LogP contribution is 2.30. The number of nitrogens with one attached hydrogen (secondary N) is 3. The second-order valence-corrected chi connectivity index (χ2v) is 6.67. The van der Waals surface area contributed by atoms with E-state index in [0.29, 0.717) is 29.3 Å². The number of halogens is 1. The maximum atomic E-state index is 14.0. The van der Waals surface area contributed by atoms with Gasteiger partial charge in [0.05, 0.1) is 18.1 Å². The van der Waals surface area contributed by atoms with Crippen LogP contribution in [0.25, 0.3) is 0 Å². The molecule has 1 saturated heterocycles. The molecule has 7 nitrogen and oxygen atoms in total. The molecule has 2 aliphatic heterocycles. The summed E-state index contributed by atoms with van der Waals surface area (Å²) in [5, 5.41) is 9.17. The largest absolute Gasteiger partial charge is 0.373 e. The van der Waals surface area contributed by atoms with E-state index in [4.69, 9.17) is 0 Å². The molecule has 1 aromatic heterocycles. The van der Waals surface area contributed by atoms with Crippen molar-refractivity contribution in [3.05, 3.63) is 41.5 Å². The van der Waals surface area contributed by atoms with Crippen LogP contribution in [0.15, 0.2) is 24.5 Å². The van der Waals surface area contributed by atoms with Gasteiger partial charge >= 0.3 is 0 Å². The van der Waals surface area contributed by atoms with Crippen LogP contribution in [-0.2, 0) is 11.2 Å². The lowest BCUT2D eigenvalue weighted by atomic mass is 10.1. The zero-order valence-electron chi connectivity index (χ0n) is 14.6. The normalized spacial score (nSPS) is 19.0. The number of anilines is 3. The maximum absolute atomic E-state index is 14.0. The summed E-state index contributed by atoms with van der Waals surface area (Å²) in [5.74, 6) is 0.164. The molecule has 26 heavy (non-hydrogen) atoms. The van der Waals surface area contributed by atoms with Gasteiger partial charge in [-0.15, -0.1) is 0 Å². The van der Waals surface area contributed by atoms with Crippen LogP contribution in [0.3, 0.4) is 0 Å². The lowest BCUT2D eigenvalue weighted by Gasteiger charge is -2.27. The Morgan fingerprint density at radius 2 is 2.00 bits per heavy atom. The number of piperazine rings is 1. The fraction of sp³-hybridized carbons (Fsp3) is 0.389. The minimum atomic E-state index is -0.505. The molecule has 0 aliphatic carbocycles. The number of aromatic nitrogens is 2. The number of hydrogen-bond donors (Lipinski definition) is 3. The van der Waals surface area contributed by atoms with E-state index in [1.807, 2.05) is 13.0 Å². The summed E-state index contributed by atoms with van der Waals surface area (Å²) in [7, 11) is 0. The van der Waals surface area contributed by atoms with Gasteiger partial charge in [-0.1, -0.05) is 0 Å². The first-order valence-electron chi connectivity index (χ1n) is 8.74. The Kier molecular flexibility index (Phi) is 4.42. The molecule has 0 bridgehead atoms. The number of rotatable bonds is 3. The van der Waals surface area contributed by atoms with Crippen molar-refractivity contribution in [1.29, 1.82) is 0 Å². The fourth-order valence-corrected chi connectivity index (χ4v) is 3.35. The lowest BCUT2D eigenvalue weighted by molar-refractivity contribution is -0.116. The number of amides is 1. The number of carbonyl (C=O) groups is 1. The zero-order chi connectivity index (χ0) is 18.1. The minimum absolute atomic E-state index is 0.225. The number of aryl methyl sites for hydroxylation is 1. The van der Waals surface area contributed by atoms with Gasteiger partial charge in [-0.05, 0) is 24.6 Å². The van der Waals surface area contributed by atoms with Gasteiger partial charge in [0.15, 0.2) is 0 Å². The topological polar surface area (TPSA) is 82.2 Å². The second kappa shape index (κ2) is 6.87. The predicted molar refractivity (Wildman–Crippen MR) is 98.0 cm³/mol. The van der Waals surface area contributed by atoms with E-state index in [2.05, 4.69) is 30.8 Å². The van der Waals surface area contributed by atoms with Crippen LogP contribution in [-0.4, -0.2) is 48.1 Å². The van der Waals surface area contributed by atoms with Gasteiger partial charge in [-0.3, -0.25) is 4.79 Å². The number of fused-ring (bicyclic) bond motifs is 1. The summed E-state index contributed by atoms with van der Waals surface area (Å²) in [4.78, 5) is 23.3. The molecule has 1 atom stereocenters. The molecule has 4 rings (SSSR count). The molecule has 136 valence electrons. The van der Waals surface area contributed by atoms with Crippen molar-refractivity contribution in [3.63, 3.8) is 0 Å². The van der Waals surface area contributed by atoms with Gasteiger partial charge in [0.25, 0.3) is 0 Å². The van der Waals surface area contributed by atoms with Crippen LogP contribution in [0.1, 0.15) is 11.1 Å². The van der Waals surface area contributed by atoms with Crippen molar-refractivity contribution < 1.29 is 9.18 Å². The quantitative estimate of drug-likeness (QED) is 0.769. The van der Waals surface area contributed by atoms with E-state index >= 15 is 0 Å². The first-order valence-corrected chi connectivity index (χ1v) is 8.74. The van der Waals surface area contributed by atoms with E-state index in [1.54, 1.807) is 12.4 Å².